The molecule has 0 aliphatic rings. The Labute approximate surface area is 173 Å². The monoisotopic (exact) mass is 388 g/mol. The summed E-state index contributed by atoms with van der Waals surface area (Å²) in [5.41, 5.74) is 7.54. The normalized spacial score (nSPS) is 11.8. The van der Waals surface area contributed by atoms with Crippen molar-refractivity contribution in [3.05, 3.63) is 91.3 Å². The molecule has 3 aromatic heterocycles. The molecule has 4 nitrogen and oxygen atoms in total. The first kappa shape index (κ1) is 16.9. The van der Waals surface area contributed by atoms with Crippen LogP contribution in [0.4, 0.5) is 0 Å². The van der Waals surface area contributed by atoms with Gasteiger partial charge in [0.05, 0.1) is 22.4 Å². The van der Waals surface area contributed by atoms with Crippen LogP contribution in [0.5, 0.6) is 0 Å². The minimum Gasteiger partial charge on any atom is -0.344 e. The van der Waals surface area contributed by atoms with Crippen molar-refractivity contribution in [2.45, 2.75) is 0 Å². The van der Waals surface area contributed by atoms with Crippen molar-refractivity contribution in [2.75, 3.05) is 0 Å². The van der Waals surface area contributed by atoms with Crippen LogP contribution in [-0.4, -0.2) is 18.5 Å². The van der Waals surface area contributed by atoms with Crippen molar-refractivity contribution in [3.8, 4) is 5.69 Å². The van der Waals surface area contributed by atoms with Gasteiger partial charge < -0.3 is 4.57 Å². The van der Waals surface area contributed by atoms with Gasteiger partial charge in [-0.15, -0.1) is 0 Å². The Morgan fingerprint density at radius 1 is 0.767 bits per heavy atom. The molecule has 0 saturated carbocycles. The molecular weight excluding hydrogens is 368 g/mol. The van der Waals surface area contributed by atoms with Crippen molar-refractivity contribution in [3.63, 3.8) is 0 Å². The van der Waals surface area contributed by atoms with Crippen LogP contribution >= 0.6 is 0 Å². The molecule has 6 rings (SSSR count). The Balaban J connectivity index is 1.77. The summed E-state index contributed by atoms with van der Waals surface area (Å²) in [6, 6.07) is 23.5. The van der Waals surface area contributed by atoms with Crippen LogP contribution in [0, 0.1) is 0 Å². The summed E-state index contributed by atoms with van der Waals surface area (Å²) in [5, 5.41) is 2.49. The molecule has 30 heavy (non-hydrogen) atoms. The number of rotatable bonds is 3. The number of imidazole rings is 2. The predicted octanol–water partition coefficient (Wildman–Crippen LogP) is 6.21. The molecular formula is C26H20N4. The second kappa shape index (κ2) is 5.97. The van der Waals surface area contributed by atoms with Crippen molar-refractivity contribution in [1.29, 1.82) is 0 Å². The van der Waals surface area contributed by atoms with Gasteiger partial charge in [-0.1, -0.05) is 43.5 Å². The zero-order valence-corrected chi connectivity index (χ0v) is 16.7. The summed E-state index contributed by atoms with van der Waals surface area (Å²) in [5.74, 6) is 0.862. The Morgan fingerprint density at radius 3 is 2.23 bits per heavy atom. The van der Waals surface area contributed by atoms with E-state index in [1.54, 1.807) is 6.08 Å². The fourth-order valence-corrected chi connectivity index (χ4v) is 4.67. The molecule has 0 bridgehead atoms. The first-order valence-corrected chi connectivity index (χ1v) is 9.97. The third-order valence-electron chi connectivity index (χ3n) is 6.03. The molecule has 0 amide bonds. The van der Waals surface area contributed by atoms with Crippen LogP contribution in [0.3, 0.4) is 0 Å². The van der Waals surface area contributed by atoms with E-state index in [2.05, 4.69) is 100 Å². The van der Waals surface area contributed by atoms with Crippen LogP contribution in [0.1, 0.15) is 11.4 Å². The maximum absolute atomic E-state index is 4.89. The highest BCUT2D eigenvalue weighted by Gasteiger charge is 2.19. The number of benzene rings is 3. The fourth-order valence-electron chi connectivity index (χ4n) is 4.67. The van der Waals surface area contributed by atoms with Gasteiger partial charge in [-0.3, -0.25) is 8.97 Å². The molecule has 0 radical (unpaired) electrons. The lowest BCUT2D eigenvalue weighted by atomic mass is 10.1. The molecule has 0 unspecified atom stereocenters. The van der Waals surface area contributed by atoms with E-state index in [-0.39, 0.29) is 0 Å². The van der Waals surface area contributed by atoms with Gasteiger partial charge >= 0.3 is 0 Å². The molecule has 4 heteroatoms. The van der Waals surface area contributed by atoms with E-state index >= 15 is 0 Å². The second-order valence-corrected chi connectivity index (χ2v) is 7.53. The molecule has 0 atom stereocenters. The van der Waals surface area contributed by atoms with Crippen molar-refractivity contribution in [1.82, 2.24) is 18.5 Å². The summed E-state index contributed by atoms with van der Waals surface area (Å²) in [4.78, 5) is 4.89. The quantitative estimate of drug-likeness (QED) is 0.354. The molecule has 0 spiro atoms. The predicted molar refractivity (Wildman–Crippen MR) is 126 cm³/mol. The zero-order chi connectivity index (χ0) is 20.4. The summed E-state index contributed by atoms with van der Waals surface area (Å²) < 4.78 is 6.63. The van der Waals surface area contributed by atoms with Crippen LogP contribution in [-0.2, 0) is 7.05 Å². The van der Waals surface area contributed by atoms with Crippen molar-refractivity contribution in [2.24, 2.45) is 7.05 Å². The van der Waals surface area contributed by atoms with E-state index in [4.69, 9.17) is 4.98 Å². The third-order valence-corrected chi connectivity index (χ3v) is 6.03. The standard InChI is InChI=1S/C26H20N4/c1-4-20-21(5-2)30-25-13-9-8-12-24(25)29(26(30)27-20)17-14-15-23-19(16-17)18-10-6-7-11-22(18)28(23)3/h4-16H,1-2H2,3H3. The number of hydrogen-bond donors (Lipinski definition) is 0. The topological polar surface area (TPSA) is 27.2 Å². The lowest BCUT2D eigenvalue weighted by Crippen LogP contribution is -1.95. The molecule has 144 valence electrons. The van der Waals surface area contributed by atoms with E-state index in [0.717, 1.165) is 33.9 Å². The average Bonchev–Trinajstić information content (AvgIpc) is 3.40. The molecule has 0 N–H and O–H groups in total. The van der Waals surface area contributed by atoms with Crippen LogP contribution in [0.25, 0.3) is 56.5 Å². The summed E-state index contributed by atoms with van der Waals surface area (Å²) in [7, 11) is 2.12. The van der Waals surface area contributed by atoms with Crippen LogP contribution in [0.2, 0.25) is 0 Å². The molecule has 3 aromatic carbocycles. The van der Waals surface area contributed by atoms with E-state index in [1.807, 2.05) is 6.08 Å². The van der Waals surface area contributed by atoms with Gasteiger partial charge in [-0.05, 0) is 48.6 Å². The summed E-state index contributed by atoms with van der Waals surface area (Å²) in [6.45, 7) is 7.95. The highest BCUT2D eigenvalue weighted by molar-refractivity contribution is 6.08. The smallest absolute Gasteiger partial charge is 0.220 e. The number of nitrogens with zero attached hydrogens (tertiary/aromatic N) is 4. The second-order valence-electron chi connectivity index (χ2n) is 7.53. The minimum atomic E-state index is 0.839. The van der Waals surface area contributed by atoms with Gasteiger partial charge in [0, 0.05) is 34.5 Å². The maximum atomic E-state index is 4.89. The number of aryl methyl sites for hydroxylation is 1. The summed E-state index contributed by atoms with van der Waals surface area (Å²) in [6.07, 6.45) is 3.64. The van der Waals surface area contributed by atoms with Crippen molar-refractivity contribution < 1.29 is 0 Å². The fraction of sp³-hybridized carbons (Fsp3) is 0.0385. The van der Waals surface area contributed by atoms with Gasteiger partial charge in [-0.25, -0.2) is 4.98 Å². The number of fused-ring (bicyclic) bond motifs is 6. The molecule has 0 fully saturated rings. The van der Waals surface area contributed by atoms with E-state index in [1.165, 1.54) is 21.8 Å². The van der Waals surface area contributed by atoms with Gasteiger partial charge in [-0.2, -0.15) is 0 Å². The zero-order valence-electron chi connectivity index (χ0n) is 16.7. The largest absolute Gasteiger partial charge is 0.344 e. The molecule has 3 heterocycles. The maximum Gasteiger partial charge on any atom is 0.220 e. The number of para-hydroxylation sites is 3. The Morgan fingerprint density at radius 2 is 1.47 bits per heavy atom. The van der Waals surface area contributed by atoms with Gasteiger partial charge in [0.15, 0.2) is 0 Å². The third kappa shape index (κ3) is 2.02. The SMILES string of the molecule is C=Cc1nc2n(-c3ccc4c(c3)c3ccccc3n4C)c3ccccc3n2c1C=C. The van der Waals surface area contributed by atoms with Crippen LogP contribution < -0.4 is 0 Å². The number of aromatic nitrogens is 4. The molecule has 0 aliphatic carbocycles. The number of hydrogen-bond acceptors (Lipinski definition) is 1. The minimum absolute atomic E-state index is 0.839. The van der Waals surface area contributed by atoms with Gasteiger partial charge in [0.2, 0.25) is 5.78 Å². The van der Waals surface area contributed by atoms with E-state index in [9.17, 15) is 0 Å². The van der Waals surface area contributed by atoms with E-state index < -0.39 is 0 Å². The lowest BCUT2D eigenvalue weighted by molar-refractivity contribution is 1.01. The first-order chi connectivity index (χ1) is 14.7. The Kier molecular flexibility index (Phi) is 3.36. The highest BCUT2D eigenvalue weighted by atomic mass is 15.2. The Bertz CT molecular complexity index is 1640. The molecule has 0 saturated heterocycles. The van der Waals surface area contributed by atoms with Crippen molar-refractivity contribution >= 4 is 50.8 Å². The molecule has 0 aliphatic heterocycles. The summed E-state index contributed by atoms with van der Waals surface area (Å²) >= 11 is 0. The first-order valence-electron chi connectivity index (χ1n) is 9.97. The van der Waals surface area contributed by atoms with Gasteiger partial charge in [0.1, 0.15) is 0 Å². The highest BCUT2D eigenvalue weighted by Crippen LogP contribution is 2.33. The lowest BCUT2D eigenvalue weighted by Gasteiger charge is -2.06. The van der Waals surface area contributed by atoms with E-state index in [0.29, 0.717) is 0 Å². The van der Waals surface area contributed by atoms with Crippen LogP contribution in [0.15, 0.2) is 79.9 Å². The Hall–Kier alpha value is -4.05. The molecule has 6 aromatic rings. The van der Waals surface area contributed by atoms with Gasteiger partial charge in [0.25, 0.3) is 0 Å². The average molecular weight is 388 g/mol.